The monoisotopic (exact) mass is 203 g/mol. The van der Waals surface area contributed by atoms with Crippen molar-refractivity contribution in [2.24, 2.45) is 0 Å². The summed E-state index contributed by atoms with van der Waals surface area (Å²) < 4.78 is 0. The van der Waals surface area contributed by atoms with Crippen molar-refractivity contribution in [1.82, 2.24) is 4.90 Å². The minimum absolute atomic E-state index is 0.0165. The zero-order valence-corrected chi connectivity index (χ0v) is 7.95. The van der Waals surface area contributed by atoms with Crippen LogP contribution in [0, 0.1) is 0 Å². The average molecular weight is 203 g/mol. The maximum atomic E-state index is 9.69. The van der Waals surface area contributed by atoms with Crippen LogP contribution in [0.3, 0.4) is 0 Å². The lowest BCUT2D eigenvalue weighted by atomic mass is 9.93. The summed E-state index contributed by atoms with van der Waals surface area (Å²) in [6, 6.07) is -0.439. The van der Waals surface area contributed by atoms with Crippen molar-refractivity contribution in [3.8, 4) is 0 Å². The van der Waals surface area contributed by atoms with Crippen LogP contribution in [-0.4, -0.2) is 68.9 Å². The van der Waals surface area contributed by atoms with Crippen molar-refractivity contribution < 1.29 is 20.4 Å². The third-order valence-electron chi connectivity index (χ3n) is 3.39. The zero-order valence-electron chi connectivity index (χ0n) is 7.95. The molecule has 0 aromatic rings. The highest BCUT2D eigenvalue weighted by molar-refractivity contribution is 5.02. The molecule has 5 atom stereocenters. The third kappa shape index (κ3) is 1.45. The Kier molecular flexibility index (Phi) is 2.77. The van der Waals surface area contributed by atoms with Crippen LogP contribution in [0.5, 0.6) is 0 Å². The summed E-state index contributed by atoms with van der Waals surface area (Å²) in [6.45, 7) is 0.358. The zero-order chi connectivity index (χ0) is 10.3. The largest absolute Gasteiger partial charge is 0.395 e. The normalized spacial score (nSPS) is 49.3. The van der Waals surface area contributed by atoms with Crippen molar-refractivity contribution in [3.63, 3.8) is 0 Å². The van der Waals surface area contributed by atoms with Crippen molar-refractivity contribution in [1.29, 1.82) is 0 Å². The lowest BCUT2D eigenvalue weighted by Gasteiger charge is -2.40. The van der Waals surface area contributed by atoms with Crippen LogP contribution in [0.25, 0.3) is 0 Å². The van der Waals surface area contributed by atoms with E-state index < -0.39 is 24.4 Å². The molecule has 4 N–H and O–H groups in total. The van der Waals surface area contributed by atoms with Crippen molar-refractivity contribution >= 4 is 0 Å². The van der Waals surface area contributed by atoms with Gasteiger partial charge in [-0.05, 0) is 12.8 Å². The van der Waals surface area contributed by atoms with E-state index in [9.17, 15) is 15.3 Å². The van der Waals surface area contributed by atoms with E-state index in [2.05, 4.69) is 0 Å². The maximum absolute atomic E-state index is 9.69. The molecular formula is C9H17NO4. The van der Waals surface area contributed by atoms with Gasteiger partial charge in [-0.2, -0.15) is 0 Å². The predicted molar refractivity (Wildman–Crippen MR) is 48.6 cm³/mol. The quantitative estimate of drug-likeness (QED) is 0.393. The Morgan fingerprint density at radius 2 is 1.79 bits per heavy atom. The van der Waals surface area contributed by atoms with Crippen LogP contribution in [-0.2, 0) is 0 Å². The van der Waals surface area contributed by atoms with Crippen LogP contribution in [0.15, 0.2) is 0 Å². The molecule has 2 fully saturated rings. The molecule has 0 aliphatic carbocycles. The lowest BCUT2D eigenvalue weighted by Crippen LogP contribution is -2.54. The summed E-state index contributed by atoms with van der Waals surface area (Å²) in [5, 5.41) is 37.9. The number of piperidine rings is 1. The molecule has 0 spiro atoms. The second-order valence-corrected chi connectivity index (χ2v) is 4.23. The number of hydrogen-bond donors (Lipinski definition) is 4. The van der Waals surface area contributed by atoms with Gasteiger partial charge in [0.15, 0.2) is 0 Å². The summed E-state index contributed by atoms with van der Waals surface area (Å²) in [6.07, 6.45) is -0.991. The summed E-state index contributed by atoms with van der Waals surface area (Å²) in [5.41, 5.74) is 0. The predicted octanol–water partition coefficient (Wildman–Crippen LogP) is -2.09. The van der Waals surface area contributed by atoms with Gasteiger partial charge in [-0.1, -0.05) is 0 Å². The van der Waals surface area contributed by atoms with Crippen LogP contribution in [0.2, 0.25) is 0 Å². The molecule has 2 rings (SSSR count). The van der Waals surface area contributed by atoms with Gasteiger partial charge in [-0.3, -0.25) is 4.90 Å². The Labute approximate surface area is 82.6 Å². The van der Waals surface area contributed by atoms with Gasteiger partial charge >= 0.3 is 0 Å². The van der Waals surface area contributed by atoms with Gasteiger partial charge in [0.05, 0.1) is 31.0 Å². The molecule has 0 bridgehead atoms. The topological polar surface area (TPSA) is 84.2 Å². The molecule has 82 valence electrons. The summed E-state index contributed by atoms with van der Waals surface area (Å²) >= 11 is 0. The first-order valence-electron chi connectivity index (χ1n) is 5.06. The van der Waals surface area contributed by atoms with Crippen LogP contribution in [0.1, 0.15) is 12.8 Å². The van der Waals surface area contributed by atoms with E-state index in [0.29, 0.717) is 19.4 Å². The molecule has 2 aliphatic rings. The first-order valence-corrected chi connectivity index (χ1v) is 5.06. The first-order chi connectivity index (χ1) is 6.65. The second kappa shape index (κ2) is 3.75. The summed E-state index contributed by atoms with van der Waals surface area (Å²) in [7, 11) is 0. The van der Waals surface area contributed by atoms with Crippen molar-refractivity contribution in [2.75, 3.05) is 13.2 Å². The number of aliphatic hydroxyl groups excluding tert-OH is 4. The Hall–Kier alpha value is -0.200. The Bertz CT molecular complexity index is 213. The molecule has 0 unspecified atom stereocenters. The van der Waals surface area contributed by atoms with Crippen molar-refractivity contribution in [2.45, 2.75) is 43.2 Å². The minimum Gasteiger partial charge on any atom is -0.395 e. The number of rotatable bonds is 1. The van der Waals surface area contributed by atoms with E-state index in [1.165, 1.54) is 0 Å². The van der Waals surface area contributed by atoms with Gasteiger partial charge in [0.1, 0.15) is 0 Å². The highest BCUT2D eigenvalue weighted by Gasteiger charge is 2.48. The molecule has 2 aliphatic heterocycles. The molecule has 5 heteroatoms. The minimum atomic E-state index is -0.889. The van der Waals surface area contributed by atoms with Crippen LogP contribution in [0.4, 0.5) is 0 Å². The molecule has 0 aromatic heterocycles. The number of aliphatic hydroxyl groups is 4. The molecule has 0 aromatic carbocycles. The number of hydrogen-bond acceptors (Lipinski definition) is 5. The van der Waals surface area contributed by atoms with Gasteiger partial charge in [-0.25, -0.2) is 0 Å². The van der Waals surface area contributed by atoms with Crippen LogP contribution >= 0.6 is 0 Å². The van der Waals surface area contributed by atoms with Crippen LogP contribution < -0.4 is 0 Å². The SMILES string of the molecule is OC[C@@H]1CC[C@H](O)[C@H]2[C@H](O)[C@@H](O)CN12. The lowest BCUT2D eigenvalue weighted by molar-refractivity contribution is -0.0536. The number of fused-ring (bicyclic) bond motifs is 1. The fourth-order valence-electron chi connectivity index (χ4n) is 2.61. The van der Waals surface area contributed by atoms with Crippen molar-refractivity contribution in [3.05, 3.63) is 0 Å². The fourth-order valence-corrected chi connectivity index (χ4v) is 2.61. The second-order valence-electron chi connectivity index (χ2n) is 4.23. The van der Waals surface area contributed by atoms with E-state index >= 15 is 0 Å². The molecule has 0 radical (unpaired) electrons. The third-order valence-corrected chi connectivity index (χ3v) is 3.39. The van der Waals surface area contributed by atoms with Gasteiger partial charge in [0, 0.05) is 12.6 Å². The molecular weight excluding hydrogens is 186 g/mol. The van der Waals surface area contributed by atoms with E-state index in [1.54, 1.807) is 0 Å². The van der Waals surface area contributed by atoms with Gasteiger partial charge in [0.25, 0.3) is 0 Å². The van der Waals surface area contributed by atoms with E-state index in [0.717, 1.165) is 0 Å². The Morgan fingerprint density at radius 3 is 2.43 bits per heavy atom. The summed E-state index contributed by atoms with van der Waals surface area (Å²) in [4.78, 5) is 1.82. The first kappa shape index (κ1) is 10.3. The highest BCUT2D eigenvalue weighted by atomic mass is 16.3. The standard InChI is InChI=1S/C9H17NO4/c11-4-5-1-2-6(12)8-9(14)7(13)3-10(5)8/h5-9,11-14H,1-4H2/t5-,6-,7-,8-,9+/m0/s1. The highest BCUT2D eigenvalue weighted by Crippen LogP contribution is 2.31. The Morgan fingerprint density at radius 1 is 1.07 bits per heavy atom. The molecule has 2 saturated heterocycles. The Balaban J connectivity index is 2.15. The molecule has 14 heavy (non-hydrogen) atoms. The molecule has 0 saturated carbocycles. The number of nitrogens with zero attached hydrogens (tertiary/aromatic N) is 1. The van der Waals surface area contributed by atoms with E-state index in [-0.39, 0.29) is 12.6 Å². The molecule has 5 nitrogen and oxygen atoms in total. The molecule has 0 amide bonds. The average Bonchev–Trinajstić information content (AvgIpc) is 2.45. The van der Waals surface area contributed by atoms with Gasteiger partial charge in [0.2, 0.25) is 0 Å². The van der Waals surface area contributed by atoms with Gasteiger partial charge in [-0.15, -0.1) is 0 Å². The van der Waals surface area contributed by atoms with E-state index in [4.69, 9.17) is 5.11 Å². The molecule has 2 heterocycles. The van der Waals surface area contributed by atoms with E-state index in [1.807, 2.05) is 4.90 Å². The van der Waals surface area contributed by atoms with Gasteiger partial charge < -0.3 is 20.4 Å². The smallest absolute Gasteiger partial charge is 0.0991 e. The fraction of sp³-hybridized carbons (Fsp3) is 1.00. The maximum Gasteiger partial charge on any atom is 0.0991 e. The summed E-state index contributed by atoms with van der Waals surface area (Å²) in [5.74, 6) is 0.